The molecular weight excluding hydrogens is 447 g/mol. The topological polar surface area (TPSA) is 58.6 Å². The van der Waals surface area contributed by atoms with Gasteiger partial charge in [0.15, 0.2) is 6.61 Å². The van der Waals surface area contributed by atoms with Gasteiger partial charge < -0.3 is 15.0 Å². The van der Waals surface area contributed by atoms with Gasteiger partial charge in [-0.2, -0.15) is 0 Å². The molecule has 2 aromatic rings. The molecular formula is C25H32Cl2N2O3. The van der Waals surface area contributed by atoms with Crippen molar-refractivity contribution in [1.82, 2.24) is 10.2 Å². The van der Waals surface area contributed by atoms with E-state index in [9.17, 15) is 9.59 Å². The molecule has 0 saturated heterocycles. The van der Waals surface area contributed by atoms with Crippen LogP contribution in [0.4, 0.5) is 0 Å². The first kappa shape index (κ1) is 26.0. The zero-order chi connectivity index (χ0) is 23.8. The molecule has 0 aromatic heterocycles. The zero-order valence-electron chi connectivity index (χ0n) is 19.4. The summed E-state index contributed by atoms with van der Waals surface area (Å²) < 4.78 is 5.82. The maximum absolute atomic E-state index is 13.3. The molecule has 0 spiro atoms. The first-order valence-electron chi connectivity index (χ1n) is 10.9. The van der Waals surface area contributed by atoms with Crippen LogP contribution in [0.1, 0.15) is 50.3 Å². The largest absolute Gasteiger partial charge is 0.483 e. The van der Waals surface area contributed by atoms with E-state index in [1.54, 1.807) is 23.1 Å². The Labute approximate surface area is 201 Å². The minimum Gasteiger partial charge on any atom is -0.483 e. The summed E-state index contributed by atoms with van der Waals surface area (Å²) in [5, 5.41) is 3.83. The Balaban J connectivity index is 2.26. The normalized spacial score (nSPS) is 12.7. The van der Waals surface area contributed by atoms with E-state index in [0.29, 0.717) is 22.2 Å². The van der Waals surface area contributed by atoms with Crippen LogP contribution in [0.15, 0.2) is 36.4 Å². The summed E-state index contributed by atoms with van der Waals surface area (Å²) in [6.45, 7) is 9.83. The molecule has 0 radical (unpaired) electrons. The van der Waals surface area contributed by atoms with Crippen molar-refractivity contribution in [3.63, 3.8) is 0 Å². The molecule has 0 heterocycles. The van der Waals surface area contributed by atoms with Crippen LogP contribution in [0.3, 0.4) is 0 Å². The molecule has 1 N–H and O–H groups in total. The smallest absolute Gasteiger partial charge is 0.261 e. The summed E-state index contributed by atoms with van der Waals surface area (Å²) in [7, 11) is 0. The van der Waals surface area contributed by atoms with E-state index in [2.05, 4.69) is 5.32 Å². The number of nitrogens with zero attached hydrogens (tertiary/aromatic N) is 1. The molecule has 0 saturated carbocycles. The summed E-state index contributed by atoms with van der Waals surface area (Å²) in [6, 6.07) is 10.4. The zero-order valence-corrected chi connectivity index (χ0v) is 20.9. The van der Waals surface area contributed by atoms with Gasteiger partial charge in [-0.15, -0.1) is 0 Å². The van der Waals surface area contributed by atoms with Gasteiger partial charge in [-0.05, 0) is 62.9 Å². The van der Waals surface area contributed by atoms with Crippen LogP contribution >= 0.6 is 23.2 Å². The van der Waals surface area contributed by atoms with Gasteiger partial charge in [0.2, 0.25) is 5.91 Å². The van der Waals surface area contributed by atoms with Crippen LogP contribution in [0.5, 0.6) is 5.75 Å². The molecule has 32 heavy (non-hydrogen) atoms. The van der Waals surface area contributed by atoms with Gasteiger partial charge in [-0.25, -0.2) is 0 Å². The van der Waals surface area contributed by atoms with E-state index in [1.165, 1.54) is 0 Å². The number of carbonyl (C=O) groups is 2. The first-order chi connectivity index (χ1) is 15.2. The number of hydrogen-bond donors (Lipinski definition) is 1. The quantitative estimate of drug-likeness (QED) is 0.475. The standard InChI is InChI=1S/C25H32Cl2N2O3/c1-6-18(5)28-25(31)22(7-2)29(14-19-9-10-20(26)21(27)13-19)24(30)15-32-23-11-8-16(3)12-17(23)4/h8-13,18,22H,6-7,14-15H2,1-5H3,(H,28,31)/t18-,22+/m0/s1. The predicted octanol–water partition coefficient (Wildman–Crippen LogP) is 5.71. The van der Waals surface area contributed by atoms with Gasteiger partial charge in [0, 0.05) is 12.6 Å². The molecule has 174 valence electrons. The van der Waals surface area contributed by atoms with Crippen molar-refractivity contribution in [2.45, 2.75) is 66.1 Å². The Morgan fingerprint density at radius 1 is 1.03 bits per heavy atom. The third kappa shape index (κ3) is 7.14. The number of ether oxygens (including phenoxy) is 1. The molecule has 2 rings (SSSR count). The number of amides is 2. The number of carbonyl (C=O) groups excluding carboxylic acids is 2. The molecule has 2 aromatic carbocycles. The lowest BCUT2D eigenvalue weighted by Crippen LogP contribution is -2.51. The maximum atomic E-state index is 13.3. The van der Waals surface area contributed by atoms with Crippen molar-refractivity contribution >= 4 is 35.0 Å². The highest BCUT2D eigenvalue weighted by molar-refractivity contribution is 6.42. The van der Waals surface area contributed by atoms with Crippen LogP contribution in [0, 0.1) is 13.8 Å². The van der Waals surface area contributed by atoms with Crippen molar-refractivity contribution in [1.29, 1.82) is 0 Å². The Hall–Kier alpha value is -2.24. The van der Waals surface area contributed by atoms with E-state index >= 15 is 0 Å². The fourth-order valence-electron chi connectivity index (χ4n) is 3.38. The molecule has 7 heteroatoms. The average molecular weight is 479 g/mol. The Bertz CT molecular complexity index is 949. The number of benzene rings is 2. The number of rotatable bonds is 10. The van der Waals surface area contributed by atoms with E-state index in [1.807, 2.05) is 52.8 Å². The molecule has 0 unspecified atom stereocenters. The second kappa shape index (κ2) is 12.1. The van der Waals surface area contributed by atoms with E-state index in [4.69, 9.17) is 27.9 Å². The SMILES string of the molecule is CC[C@H](C(=O)N[C@@H](C)CC)N(Cc1ccc(Cl)c(Cl)c1)C(=O)COc1ccc(C)cc1C. The first-order valence-corrected chi connectivity index (χ1v) is 11.7. The molecule has 0 aliphatic heterocycles. The lowest BCUT2D eigenvalue weighted by molar-refractivity contribution is -0.143. The highest BCUT2D eigenvalue weighted by Gasteiger charge is 2.29. The Morgan fingerprint density at radius 2 is 1.75 bits per heavy atom. The minimum absolute atomic E-state index is 0.0185. The molecule has 0 aliphatic rings. The fourth-order valence-corrected chi connectivity index (χ4v) is 3.70. The van der Waals surface area contributed by atoms with Crippen LogP contribution in [-0.2, 0) is 16.1 Å². The fraction of sp³-hybridized carbons (Fsp3) is 0.440. The molecule has 2 atom stereocenters. The second-order valence-corrected chi connectivity index (χ2v) is 8.88. The molecule has 5 nitrogen and oxygen atoms in total. The second-order valence-electron chi connectivity index (χ2n) is 8.07. The lowest BCUT2D eigenvalue weighted by Gasteiger charge is -2.31. The van der Waals surface area contributed by atoms with Gasteiger partial charge in [0.25, 0.3) is 5.91 Å². The lowest BCUT2D eigenvalue weighted by atomic mass is 10.1. The number of nitrogens with one attached hydrogen (secondary N) is 1. The van der Waals surface area contributed by atoms with Crippen molar-refractivity contribution in [3.8, 4) is 5.75 Å². The number of halogens is 2. The highest BCUT2D eigenvalue weighted by Crippen LogP contribution is 2.24. The minimum atomic E-state index is -0.631. The van der Waals surface area contributed by atoms with Gasteiger partial charge in [0.1, 0.15) is 11.8 Å². The van der Waals surface area contributed by atoms with Crippen molar-refractivity contribution in [2.75, 3.05) is 6.61 Å². The monoisotopic (exact) mass is 478 g/mol. The number of aryl methyl sites for hydroxylation is 2. The van der Waals surface area contributed by atoms with E-state index < -0.39 is 6.04 Å². The Morgan fingerprint density at radius 3 is 2.34 bits per heavy atom. The summed E-state index contributed by atoms with van der Waals surface area (Å²) in [6.07, 6.45) is 1.28. The third-order valence-corrected chi connectivity index (χ3v) is 6.14. The number of hydrogen-bond acceptors (Lipinski definition) is 3. The summed E-state index contributed by atoms with van der Waals surface area (Å²) in [5.74, 6) is 0.194. The van der Waals surface area contributed by atoms with Gasteiger partial charge in [0.05, 0.1) is 10.0 Å². The Kier molecular flexibility index (Phi) is 9.85. The van der Waals surface area contributed by atoms with Crippen molar-refractivity contribution < 1.29 is 14.3 Å². The van der Waals surface area contributed by atoms with Crippen molar-refractivity contribution in [2.24, 2.45) is 0 Å². The molecule has 0 bridgehead atoms. The molecule has 2 amide bonds. The summed E-state index contributed by atoms with van der Waals surface area (Å²) in [5.41, 5.74) is 2.86. The van der Waals surface area contributed by atoms with Crippen LogP contribution in [0.25, 0.3) is 0 Å². The average Bonchev–Trinajstić information content (AvgIpc) is 2.75. The van der Waals surface area contributed by atoms with Crippen LogP contribution in [0.2, 0.25) is 10.0 Å². The van der Waals surface area contributed by atoms with E-state index in [-0.39, 0.29) is 31.0 Å². The van der Waals surface area contributed by atoms with Gasteiger partial charge >= 0.3 is 0 Å². The van der Waals surface area contributed by atoms with Crippen molar-refractivity contribution in [3.05, 3.63) is 63.1 Å². The summed E-state index contributed by atoms with van der Waals surface area (Å²) in [4.78, 5) is 27.8. The third-order valence-electron chi connectivity index (χ3n) is 5.41. The maximum Gasteiger partial charge on any atom is 0.261 e. The van der Waals surface area contributed by atoms with Crippen LogP contribution < -0.4 is 10.1 Å². The molecule has 0 fully saturated rings. The molecule has 0 aliphatic carbocycles. The summed E-state index contributed by atoms with van der Waals surface area (Å²) >= 11 is 12.2. The van der Waals surface area contributed by atoms with Gasteiger partial charge in [-0.3, -0.25) is 9.59 Å². The highest BCUT2D eigenvalue weighted by atomic mass is 35.5. The van der Waals surface area contributed by atoms with E-state index in [0.717, 1.165) is 23.1 Å². The van der Waals surface area contributed by atoms with Gasteiger partial charge in [-0.1, -0.05) is 60.8 Å². The van der Waals surface area contributed by atoms with Crippen LogP contribution in [-0.4, -0.2) is 35.4 Å². The predicted molar refractivity (Wildman–Crippen MR) is 130 cm³/mol.